The van der Waals surface area contributed by atoms with E-state index in [2.05, 4.69) is 10.6 Å². The fourth-order valence-electron chi connectivity index (χ4n) is 4.43. The summed E-state index contributed by atoms with van der Waals surface area (Å²) in [5.41, 5.74) is 1.42. The molecule has 2 aromatic rings. The van der Waals surface area contributed by atoms with Gasteiger partial charge in [0, 0.05) is 42.9 Å². The zero-order chi connectivity index (χ0) is 23.8. The van der Waals surface area contributed by atoms with Gasteiger partial charge in [-0.05, 0) is 54.9 Å². The zero-order valence-electron chi connectivity index (χ0n) is 17.8. The molecule has 0 spiro atoms. The number of rotatable bonds is 4. The molecule has 176 valence electrons. The van der Waals surface area contributed by atoms with E-state index in [4.69, 9.17) is 51.8 Å². The monoisotopic (exact) mass is 528 g/mol. The van der Waals surface area contributed by atoms with Crippen LogP contribution in [0.4, 0.5) is 0 Å². The Morgan fingerprint density at radius 2 is 1.85 bits per heavy atom. The third kappa shape index (κ3) is 5.40. The van der Waals surface area contributed by atoms with Crippen molar-refractivity contribution >= 4 is 58.0 Å². The first-order valence-corrected chi connectivity index (χ1v) is 12.0. The lowest BCUT2D eigenvalue weighted by Gasteiger charge is -2.44. The number of aromatic nitrogens is 1. The topological polar surface area (TPSA) is 75.6 Å². The van der Waals surface area contributed by atoms with Crippen molar-refractivity contribution in [2.24, 2.45) is 5.92 Å². The van der Waals surface area contributed by atoms with Gasteiger partial charge in [0.15, 0.2) is 5.11 Å². The fourth-order valence-corrected chi connectivity index (χ4v) is 5.03. The molecule has 1 fully saturated rings. The first-order valence-electron chi connectivity index (χ1n) is 10.4. The van der Waals surface area contributed by atoms with Crippen LogP contribution in [-0.4, -0.2) is 50.6 Å². The van der Waals surface area contributed by atoms with Gasteiger partial charge in [-0.25, -0.2) is 0 Å². The van der Waals surface area contributed by atoms with E-state index in [0.29, 0.717) is 36.1 Å². The molecule has 0 saturated carbocycles. The van der Waals surface area contributed by atoms with Crippen LogP contribution >= 0.6 is 47.0 Å². The number of pyridine rings is 1. The Balaban J connectivity index is 1.45. The van der Waals surface area contributed by atoms with Crippen molar-refractivity contribution < 1.29 is 9.53 Å². The molecule has 1 amide bonds. The Kier molecular flexibility index (Phi) is 7.09. The molecule has 1 aromatic heterocycles. The van der Waals surface area contributed by atoms with Gasteiger partial charge in [0.1, 0.15) is 11.9 Å². The standard InChI is InChI=1S/C22H23Cl3N4O3S/c1-32-16-7-5-14(6-8-16)19(31)26-20(22(23,24)25)27-21(33)28-10-13-9-15(12-28)17-3-2-4-18(30)29(17)11-13/h2-8,13,15,20H,9-12H2,1H3,(H,26,31)(H,27,33)/t13-,15-,20+/m1/s1. The molecule has 2 bridgehead atoms. The highest BCUT2D eigenvalue weighted by atomic mass is 35.6. The highest BCUT2D eigenvalue weighted by molar-refractivity contribution is 7.80. The quantitative estimate of drug-likeness (QED) is 0.360. The first-order chi connectivity index (χ1) is 15.7. The average Bonchev–Trinajstić information content (AvgIpc) is 2.78. The Hall–Kier alpha value is -2.00. The summed E-state index contributed by atoms with van der Waals surface area (Å²) in [5.74, 6) is 0.652. The van der Waals surface area contributed by atoms with Gasteiger partial charge in [-0.1, -0.05) is 40.9 Å². The van der Waals surface area contributed by atoms with Crippen LogP contribution in [0.5, 0.6) is 5.75 Å². The van der Waals surface area contributed by atoms with Crippen molar-refractivity contribution in [1.82, 2.24) is 20.1 Å². The van der Waals surface area contributed by atoms with Gasteiger partial charge in [-0.2, -0.15) is 0 Å². The third-order valence-electron chi connectivity index (χ3n) is 5.99. The number of hydrogen-bond acceptors (Lipinski definition) is 4. The molecule has 2 aliphatic heterocycles. The summed E-state index contributed by atoms with van der Waals surface area (Å²) in [4.78, 5) is 27.0. The van der Waals surface area contributed by atoms with E-state index < -0.39 is 15.9 Å². The van der Waals surface area contributed by atoms with E-state index in [1.807, 2.05) is 15.5 Å². The number of alkyl halides is 3. The summed E-state index contributed by atoms with van der Waals surface area (Å²) in [7, 11) is 1.55. The van der Waals surface area contributed by atoms with Gasteiger partial charge in [-0.3, -0.25) is 9.59 Å². The van der Waals surface area contributed by atoms with Gasteiger partial charge in [0.05, 0.1) is 7.11 Å². The maximum atomic E-state index is 12.7. The van der Waals surface area contributed by atoms with Crippen molar-refractivity contribution in [2.45, 2.75) is 28.8 Å². The van der Waals surface area contributed by atoms with Crippen LogP contribution in [-0.2, 0) is 6.54 Å². The predicted octanol–water partition coefficient (Wildman–Crippen LogP) is 3.28. The number of carbonyl (C=O) groups is 1. The van der Waals surface area contributed by atoms with Crippen molar-refractivity contribution in [3.8, 4) is 5.75 Å². The van der Waals surface area contributed by atoms with Crippen LogP contribution in [0.1, 0.15) is 28.4 Å². The average molecular weight is 530 g/mol. The molecule has 33 heavy (non-hydrogen) atoms. The van der Waals surface area contributed by atoms with Crippen molar-refractivity contribution in [1.29, 1.82) is 0 Å². The number of hydrogen-bond donors (Lipinski definition) is 2. The number of likely N-dealkylation sites (tertiary alicyclic amines) is 1. The molecule has 2 N–H and O–H groups in total. The Morgan fingerprint density at radius 1 is 1.12 bits per heavy atom. The molecule has 1 aromatic carbocycles. The van der Waals surface area contributed by atoms with Gasteiger partial charge in [-0.15, -0.1) is 0 Å². The molecule has 11 heteroatoms. The predicted molar refractivity (Wildman–Crippen MR) is 133 cm³/mol. The van der Waals surface area contributed by atoms with Crippen LogP contribution in [0.15, 0.2) is 47.3 Å². The SMILES string of the molecule is COc1ccc(C(=O)N[C@@H](NC(=S)N2C[C@H]3C[C@H](C2)c2cccc(=O)n2C3)C(Cl)(Cl)Cl)cc1. The van der Waals surface area contributed by atoms with Crippen molar-refractivity contribution in [2.75, 3.05) is 20.2 Å². The van der Waals surface area contributed by atoms with Crippen LogP contribution in [0.3, 0.4) is 0 Å². The molecule has 0 radical (unpaired) electrons. The number of benzene rings is 1. The lowest BCUT2D eigenvalue weighted by Crippen LogP contribution is -2.60. The second kappa shape index (κ2) is 9.70. The summed E-state index contributed by atoms with van der Waals surface area (Å²) >= 11 is 24.1. The second-order valence-corrected chi connectivity index (χ2v) is 11.0. The normalized spacial score (nSPS) is 20.4. The number of amides is 1. The maximum absolute atomic E-state index is 12.7. The molecular formula is C22H23Cl3N4O3S. The van der Waals surface area contributed by atoms with Crippen molar-refractivity contribution in [3.05, 3.63) is 64.1 Å². The van der Waals surface area contributed by atoms with Crippen LogP contribution in [0, 0.1) is 5.92 Å². The number of piperidine rings is 1. The minimum absolute atomic E-state index is 0.0221. The summed E-state index contributed by atoms with van der Waals surface area (Å²) in [5, 5.41) is 6.10. The van der Waals surface area contributed by atoms with E-state index >= 15 is 0 Å². The minimum Gasteiger partial charge on any atom is -0.497 e. The lowest BCUT2D eigenvalue weighted by atomic mass is 9.83. The number of ether oxygens (including phenoxy) is 1. The molecule has 7 nitrogen and oxygen atoms in total. The van der Waals surface area contributed by atoms with Gasteiger partial charge >= 0.3 is 0 Å². The van der Waals surface area contributed by atoms with Crippen molar-refractivity contribution in [3.63, 3.8) is 0 Å². The van der Waals surface area contributed by atoms with Gasteiger partial charge in [0.2, 0.25) is 3.79 Å². The van der Waals surface area contributed by atoms with E-state index in [1.165, 1.54) is 0 Å². The van der Waals surface area contributed by atoms with E-state index in [9.17, 15) is 9.59 Å². The largest absolute Gasteiger partial charge is 0.497 e. The van der Waals surface area contributed by atoms with Crippen LogP contribution in [0.2, 0.25) is 0 Å². The number of fused-ring (bicyclic) bond motifs is 4. The molecule has 2 aliphatic rings. The van der Waals surface area contributed by atoms with Gasteiger partial charge in [0.25, 0.3) is 11.5 Å². The summed E-state index contributed by atoms with van der Waals surface area (Å²) in [6.45, 7) is 1.94. The van der Waals surface area contributed by atoms with E-state index in [-0.39, 0.29) is 17.4 Å². The number of nitrogens with one attached hydrogen (secondary N) is 2. The van der Waals surface area contributed by atoms with E-state index in [1.54, 1.807) is 43.5 Å². The first kappa shape index (κ1) is 24.1. The smallest absolute Gasteiger partial charge is 0.252 e. The molecule has 4 rings (SSSR count). The second-order valence-electron chi connectivity index (χ2n) is 8.23. The third-order valence-corrected chi connectivity index (χ3v) is 7.02. The van der Waals surface area contributed by atoms with Gasteiger partial charge < -0.3 is 24.8 Å². The maximum Gasteiger partial charge on any atom is 0.252 e. The van der Waals surface area contributed by atoms with Crippen LogP contribution in [0.25, 0.3) is 0 Å². The Bertz CT molecular complexity index is 1100. The number of halogens is 3. The van der Waals surface area contributed by atoms with Crippen LogP contribution < -0.4 is 20.9 Å². The molecule has 0 unspecified atom stereocenters. The summed E-state index contributed by atoms with van der Waals surface area (Å²) in [6.07, 6.45) is -0.0636. The Morgan fingerprint density at radius 3 is 2.52 bits per heavy atom. The summed E-state index contributed by atoms with van der Waals surface area (Å²) < 4.78 is 5.12. The number of methoxy groups -OCH3 is 1. The number of carbonyl (C=O) groups excluding carboxylic acids is 1. The minimum atomic E-state index is -1.85. The summed E-state index contributed by atoms with van der Waals surface area (Å²) in [6, 6.07) is 11.9. The van der Waals surface area contributed by atoms with E-state index in [0.717, 1.165) is 12.1 Å². The number of thiocarbonyl (C=S) groups is 1. The Labute approximate surface area is 211 Å². The molecule has 1 saturated heterocycles. The molecule has 3 heterocycles. The molecular weight excluding hydrogens is 507 g/mol. The number of nitrogens with zero attached hydrogens (tertiary/aromatic N) is 2. The highest BCUT2D eigenvalue weighted by Gasteiger charge is 2.39. The zero-order valence-corrected chi connectivity index (χ0v) is 20.8. The lowest BCUT2D eigenvalue weighted by molar-refractivity contribution is 0.0932. The molecule has 3 atom stereocenters. The highest BCUT2D eigenvalue weighted by Crippen LogP contribution is 2.35. The molecule has 0 aliphatic carbocycles. The fraction of sp³-hybridized carbons (Fsp3) is 0.409.